The van der Waals surface area contributed by atoms with Crippen LogP contribution >= 0.6 is 0 Å². The average molecular weight is 395 g/mol. The molecule has 2 aromatic carbocycles. The molecule has 0 fully saturated rings. The third-order valence-corrected chi connectivity index (χ3v) is 4.76. The lowest BCUT2D eigenvalue weighted by molar-refractivity contribution is -0.384. The number of aromatic nitrogens is 2. The van der Waals surface area contributed by atoms with E-state index in [0.717, 1.165) is 12.0 Å². The Balaban J connectivity index is 1.67. The third-order valence-electron chi connectivity index (χ3n) is 4.76. The van der Waals surface area contributed by atoms with Crippen molar-refractivity contribution in [3.05, 3.63) is 76.2 Å². The van der Waals surface area contributed by atoms with Gasteiger partial charge in [-0.15, -0.1) is 10.2 Å². The number of nitro groups is 1. The van der Waals surface area contributed by atoms with Crippen LogP contribution in [-0.2, 0) is 16.1 Å². The highest BCUT2D eigenvalue weighted by Gasteiger charge is 2.27. The van der Waals surface area contributed by atoms with Crippen molar-refractivity contribution >= 4 is 11.7 Å². The van der Waals surface area contributed by atoms with Crippen LogP contribution in [0.3, 0.4) is 0 Å². The molecule has 2 unspecified atom stereocenters. The maximum Gasteiger partial charge on any atom is 0.314 e. The molecule has 0 N–H and O–H groups in total. The van der Waals surface area contributed by atoms with Crippen molar-refractivity contribution in [2.45, 2.75) is 32.8 Å². The first-order valence-corrected chi connectivity index (χ1v) is 9.28. The Hall–Kier alpha value is -3.55. The van der Waals surface area contributed by atoms with Gasteiger partial charge in [-0.3, -0.25) is 14.9 Å². The molecular formula is C21H21N3O5. The number of rotatable bonds is 8. The van der Waals surface area contributed by atoms with Crippen LogP contribution in [0.1, 0.15) is 37.6 Å². The lowest BCUT2D eigenvalue weighted by Crippen LogP contribution is -2.22. The Morgan fingerprint density at radius 2 is 1.83 bits per heavy atom. The van der Waals surface area contributed by atoms with Gasteiger partial charge in [0.25, 0.3) is 11.6 Å². The largest absolute Gasteiger partial charge is 0.455 e. The summed E-state index contributed by atoms with van der Waals surface area (Å²) in [5, 5.41) is 18.5. The first-order chi connectivity index (χ1) is 14.0. The average Bonchev–Trinajstić information content (AvgIpc) is 3.22. The monoisotopic (exact) mass is 395 g/mol. The summed E-state index contributed by atoms with van der Waals surface area (Å²) < 4.78 is 11.0. The fourth-order valence-electron chi connectivity index (χ4n) is 2.97. The van der Waals surface area contributed by atoms with Crippen molar-refractivity contribution < 1.29 is 18.9 Å². The first kappa shape index (κ1) is 20.2. The van der Waals surface area contributed by atoms with E-state index >= 15 is 0 Å². The second kappa shape index (κ2) is 9.09. The predicted octanol–water partition coefficient (Wildman–Crippen LogP) is 4.52. The summed E-state index contributed by atoms with van der Waals surface area (Å²) in [6.07, 6.45) is 0.833. The summed E-state index contributed by atoms with van der Waals surface area (Å²) >= 11 is 0. The van der Waals surface area contributed by atoms with E-state index in [2.05, 4.69) is 10.2 Å². The van der Waals surface area contributed by atoms with Crippen LogP contribution in [0.4, 0.5) is 5.69 Å². The minimum atomic E-state index is -0.483. The van der Waals surface area contributed by atoms with Crippen LogP contribution in [0.2, 0.25) is 0 Å². The highest BCUT2D eigenvalue weighted by molar-refractivity contribution is 5.78. The molecule has 0 saturated carbocycles. The van der Waals surface area contributed by atoms with Crippen LogP contribution in [0.15, 0.2) is 59.0 Å². The highest BCUT2D eigenvalue weighted by Crippen LogP contribution is 2.29. The Labute approximate surface area is 167 Å². The first-order valence-electron chi connectivity index (χ1n) is 9.28. The van der Waals surface area contributed by atoms with Gasteiger partial charge in [0.2, 0.25) is 5.89 Å². The minimum absolute atomic E-state index is 0.0283. The van der Waals surface area contributed by atoms with Gasteiger partial charge >= 0.3 is 5.97 Å². The number of benzene rings is 2. The van der Waals surface area contributed by atoms with E-state index < -0.39 is 4.92 Å². The second-order valence-corrected chi connectivity index (χ2v) is 6.69. The fourth-order valence-corrected chi connectivity index (χ4v) is 2.97. The van der Waals surface area contributed by atoms with Crippen LogP contribution in [0.5, 0.6) is 0 Å². The quantitative estimate of drug-likeness (QED) is 0.313. The summed E-state index contributed by atoms with van der Waals surface area (Å²) in [7, 11) is 0. The van der Waals surface area contributed by atoms with Crippen LogP contribution in [-0.4, -0.2) is 21.1 Å². The minimum Gasteiger partial charge on any atom is -0.455 e. The number of ether oxygens (including phenoxy) is 1. The Morgan fingerprint density at radius 3 is 2.45 bits per heavy atom. The number of carbonyl (C=O) groups excluding carboxylic acids is 1. The topological polar surface area (TPSA) is 108 Å². The number of hydrogen-bond donors (Lipinski definition) is 0. The molecule has 0 aliphatic heterocycles. The summed E-state index contributed by atoms with van der Waals surface area (Å²) in [5.74, 6) is -0.252. The molecule has 0 radical (unpaired) electrons. The van der Waals surface area contributed by atoms with Gasteiger partial charge in [-0.05, 0) is 23.6 Å². The molecule has 0 aliphatic carbocycles. The Kier molecular flexibility index (Phi) is 6.33. The van der Waals surface area contributed by atoms with Crippen LogP contribution in [0.25, 0.3) is 11.5 Å². The molecule has 0 aliphatic rings. The lowest BCUT2D eigenvalue weighted by Gasteiger charge is -2.21. The number of non-ortho nitro benzene ring substituents is 1. The molecule has 1 heterocycles. The molecule has 150 valence electrons. The van der Waals surface area contributed by atoms with Gasteiger partial charge in [0.1, 0.15) is 0 Å². The van der Waals surface area contributed by atoms with Gasteiger partial charge in [-0.2, -0.15) is 0 Å². The zero-order chi connectivity index (χ0) is 20.8. The second-order valence-electron chi connectivity index (χ2n) is 6.69. The van der Waals surface area contributed by atoms with Crippen LogP contribution in [0, 0.1) is 16.0 Å². The SMILES string of the molecule is CCC(C)C(C(=O)OCc1nnc(-c2ccc([N+](=O)[O-])cc2)o1)c1ccccc1. The van der Waals surface area contributed by atoms with Crippen LogP contribution < -0.4 is 0 Å². The van der Waals surface area contributed by atoms with E-state index in [-0.39, 0.29) is 41.9 Å². The predicted molar refractivity (Wildman–Crippen MR) is 105 cm³/mol. The van der Waals surface area contributed by atoms with E-state index in [4.69, 9.17) is 9.15 Å². The molecule has 8 nitrogen and oxygen atoms in total. The molecule has 0 bridgehead atoms. The fraction of sp³-hybridized carbons (Fsp3) is 0.286. The third kappa shape index (κ3) is 4.84. The van der Waals surface area contributed by atoms with Crippen molar-refractivity contribution in [1.82, 2.24) is 10.2 Å². The van der Waals surface area contributed by atoms with Gasteiger partial charge < -0.3 is 9.15 Å². The number of nitrogens with zero attached hydrogens (tertiary/aromatic N) is 3. The molecule has 2 atom stereocenters. The number of esters is 1. The zero-order valence-corrected chi connectivity index (χ0v) is 16.1. The van der Waals surface area contributed by atoms with Gasteiger partial charge in [-0.25, -0.2) is 0 Å². The van der Waals surface area contributed by atoms with Crippen molar-refractivity contribution in [3.8, 4) is 11.5 Å². The smallest absolute Gasteiger partial charge is 0.314 e. The van der Waals surface area contributed by atoms with E-state index in [1.54, 1.807) is 0 Å². The molecule has 0 amide bonds. The zero-order valence-electron chi connectivity index (χ0n) is 16.1. The maximum absolute atomic E-state index is 12.7. The van der Waals surface area contributed by atoms with E-state index in [9.17, 15) is 14.9 Å². The Bertz CT molecular complexity index is 969. The summed E-state index contributed by atoms with van der Waals surface area (Å²) in [4.78, 5) is 23.0. The lowest BCUT2D eigenvalue weighted by atomic mass is 9.86. The van der Waals surface area contributed by atoms with Gasteiger partial charge in [0.05, 0.1) is 10.8 Å². The highest BCUT2D eigenvalue weighted by atomic mass is 16.6. The number of carbonyl (C=O) groups is 1. The molecule has 3 aromatic rings. The molecule has 29 heavy (non-hydrogen) atoms. The molecule has 0 saturated heterocycles. The summed E-state index contributed by atoms with van der Waals surface area (Å²) in [6, 6.07) is 15.3. The van der Waals surface area contributed by atoms with Crippen molar-refractivity contribution in [3.63, 3.8) is 0 Å². The van der Waals surface area contributed by atoms with Crippen molar-refractivity contribution in [2.24, 2.45) is 5.92 Å². The molecule has 1 aromatic heterocycles. The number of hydrogen-bond acceptors (Lipinski definition) is 7. The molecule has 3 rings (SSSR count). The van der Waals surface area contributed by atoms with Gasteiger partial charge in [0.15, 0.2) is 6.61 Å². The van der Waals surface area contributed by atoms with E-state index in [1.807, 2.05) is 44.2 Å². The normalized spacial score (nSPS) is 12.9. The van der Waals surface area contributed by atoms with Gasteiger partial charge in [0, 0.05) is 17.7 Å². The maximum atomic E-state index is 12.7. The van der Waals surface area contributed by atoms with E-state index in [0.29, 0.717) is 5.56 Å². The standard InChI is InChI=1S/C21H21N3O5/c1-3-14(2)19(15-7-5-4-6-8-15)21(25)28-13-18-22-23-20(29-18)16-9-11-17(12-10-16)24(26)27/h4-12,14,19H,3,13H2,1-2H3. The molecule has 8 heteroatoms. The molecular weight excluding hydrogens is 374 g/mol. The van der Waals surface area contributed by atoms with Crippen molar-refractivity contribution in [2.75, 3.05) is 0 Å². The summed E-state index contributed by atoms with van der Waals surface area (Å²) in [6.45, 7) is 3.90. The molecule has 0 spiro atoms. The Morgan fingerprint density at radius 1 is 1.14 bits per heavy atom. The van der Waals surface area contributed by atoms with Gasteiger partial charge in [-0.1, -0.05) is 50.6 Å². The number of nitro benzene ring substituents is 1. The van der Waals surface area contributed by atoms with Crippen molar-refractivity contribution in [1.29, 1.82) is 0 Å². The van der Waals surface area contributed by atoms with E-state index in [1.165, 1.54) is 24.3 Å². The summed E-state index contributed by atoms with van der Waals surface area (Å²) in [5.41, 5.74) is 1.42.